The molecule has 1 saturated heterocycles. The molecule has 4 N–H and O–H groups in total. The highest BCUT2D eigenvalue weighted by Crippen LogP contribution is 2.21. The van der Waals surface area contributed by atoms with E-state index in [2.05, 4.69) is 0 Å². The minimum atomic E-state index is -0.709. The van der Waals surface area contributed by atoms with Gasteiger partial charge in [0.25, 0.3) is 5.56 Å². The summed E-state index contributed by atoms with van der Waals surface area (Å²) in [5.41, 5.74) is 11.1. The van der Waals surface area contributed by atoms with Gasteiger partial charge in [0.2, 0.25) is 5.91 Å². The highest BCUT2D eigenvalue weighted by Gasteiger charge is 2.31. The summed E-state index contributed by atoms with van der Waals surface area (Å²) in [6.45, 7) is 3.93. The maximum Gasteiger partial charge on any atom is 0.333 e. The third kappa shape index (κ3) is 4.32. The fourth-order valence-corrected chi connectivity index (χ4v) is 4.25. The van der Waals surface area contributed by atoms with E-state index in [-0.39, 0.29) is 24.5 Å². The molecule has 0 bridgehead atoms. The summed E-state index contributed by atoms with van der Waals surface area (Å²) >= 11 is 0. The van der Waals surface area contributed by atoms with Gasteiger partial charge in [-0.15, -0.1) is 0 Å². The maximum absolute atomic E-state index is 13.2. The van der Waals surface area contributed by atoms with E-state index < -0.39 is 35.0 Å². The lowest BCUT2D eigenvalue weighted by molar-refractivity contribution is -0.124. The number of aromatic nitrogens is 2. The summed E-state index contributed by atoms with van der Waals surface area (Å²) in [5.74, 6) is -1.17. The molecule has 2 heterocycles. The first kappa shape index (κ1) is 22.5. The normalized spacial score (nSPS) is 17.9. The van der Waals surface area contributed by atoms with Gasteiger partial charge in [-0.3, -0.25) is 28.4 Å². The van der Waals surface area contributed by atoms with Crippen molar-refractivity contribution in [3.63, 3.8) is 0 Å². The Kier molecular flexibility index (Phi) is 6.74. The molecule has 166 valence electrons. The van der Waals surface area contributed by atoms with Crippen LogP contribution in [0.4, 0.5) is 5.82 Å². The number of anilines is 1. The number of amides is 1. The van der Waals surface area contributed by atoms with E-state index in [1.54, 1.807) is 18.7 Å². The minimum absolute atomic E-state index is 0.105. The van der Waals surface area contributed by atoms with Crippen molar-refractivity contribution in [1.82, 2.24) is 14.0 Å². The molecule has 1 aromatic carbocycles. The van der Waals surface area contributed by atoms with Crippen LogP contribution in [0.25, 0.3) is 0 Å². The zero-order chi connectivity index (χ0) is 22.7. The number of nitrogens with zero attached hydrogens (tertiary/aromatic N) is 3. The number of rotatable bonds is 7. The Labute approximate surface area is 180 Å². The third-order valence-electron chi connectivity index (χ3n) is 5.96. The number of primary amides is 1. The maximum atomic E-state index is 13.2. The second-order valence-electron chi connectivity index (χ2n) is 7.86. The molecule has 9 nitrogen and oxygen atoms in total. The quantitative estimate of drug-likeness (QED) is 0.626. The van der Waals surface area contributed by atoms with Crippen LogP contribution in [0.2, 0.25) is 0 Å². The molecule has 9 heteroatoms. The van der Waals surface area contributed by atoms with Gasteiger partial charge in [0.1, 0.15) is 11.4 Å². The Bertz CT molecular complexity index is 1090. The Morgan fingerprint density at radius 1 is 1.16 bits per heavy atom. The summed E-state index contributed by atoms with van der Waals surface area (Å²) in [5, 5.41) is 0. The monoisotopic (exact) mass is 427 g/mol. The number of nitrogen functional groups attached to an aromatic ring is 1. The predicted molar refractivity (Wildman–Crippen MR) is 118 cm³/mol. The number of hydrogen-bond acceptors (Lipinski definition) is 6. The molecule has 2 atom stereocenters. The highest BCUT2D eigenvalue weighted by molar-refractivity contribution is 6.01. The number of Topliss-reactive ketones (excluding diaryl/α,β-unsaturated/α-hetero) is 1. The molecule has 0 radical (unpaired) electrons. The standard InChI is InChI=1S/C22H29N5O4/c1-3-26-21(30)18(17(28)13-25-12-8-7-11-16(25)20(24)29)19(23)27(22(26)31)14(2)15-9-5-4-6-10-15/h4-6,9-10,14,16H,3,7-8,11-13,23H2,1-2H3,(H2,24,29)/t14-,16-/m1/s1. The van der Waals surface area contributed by atoms with Crippen LogP contribution in [0.3, 0.4) is 0 Å². The first-order valence-corrected chi connectivity index (χ1v) is 10.5. The average molecular weight is 428 g/mol. The van der Waals surface area contributed by atoms with E-state index in [0.29, 0.717) is 13.0 Å². The van der Waals surface area contributed by atoms with Crippen molar-refractivity contribution in [2.24, 2.45) is 5.73 Å². The van der Waals surface area contributed by atoms with E-state index >= 15 is 0 Å². The van der Waals surface area contributed by atoms with Crippen LogP contribution >= 0.6 is 0 Å². The number of nitrogens with two attached hydrogens (primary N) is 2. The predicted octanol–water partition coefficient (Wildman–Crippen LogP) is 0.744. The van der Waals surface area contributed by atoms with Crippen LogP contribution in [-0.2, 0) is 11.3 Å². The van der Waals surface area contributed by atoms with Gasteiger partial charge >= 0.3 is 5.69 Å². The molecule has 1 aliphatic heterocycles. The summed E-state index contributed by atoms with van der Waals surface area (Å²) in [6, 6.07) is 8.21. The number of hydrogen-bond donors (Lipinski definition) is 2. The Balaban J connectivity index is 2.08. The SMILES string of the molecule is CCn1c(=O)c(C(=O)CN2CCCC[C@@H]2C(N)=O)c(N)n([C@H](C)c2ccccc2)c1=O. The molecular weight excluding hydrogens is 398 g/mol. The first-order valence-electron chi connectivity index (χ1n) is 10.5. The lowest BCUT2D eigenvalue weighted by Crippen LogP contribution is -2.51. The number of carbonyl (C=O) groups excluding carboxylic acids is 2. The summed E-state index contributed by atoms with van der Waals surface area (Å²) in [6.07, 6.45) is 2.25. The molecule has 1 fully saturated rings. The smallest absolute Gasteiger partial charge is 0.333 e. The van der Waals surface area contributed by atoms with Crippen LogP contribution in [0, 0.1) is 0 Å². The summed E-state index contributed by atoms with van der Waals surface area (Å²) in [7, 11) is 0. The van der Waals surface area contributed by atoms with Gasteiger partial charge in [0, 0.05) is 6.54 Å². The highest BCUT2D eigenvalue weighted by atomic mass is 16.2. The molecule has 1 aromatic heterocycles. The van der Waals surface area contributed by atoms with Crippen molar-refractivity contribution >= 4 is 17.5 Å². The van der Waals surface area contributed by atoms with Crippen molar-refractivity contribution < 1.29 is 9.59 Å². The number of likely N-dealkylation sites (tertiary alicyclic amines) is 1. The van der Waals surface area contributed by atoms with E-state index in [9.17, 15) is 19.2 Å². The van der Waals surface area contributed by atoms with Crippen LogP contribution in [0.15, 0.2) is 39.9 Å². The van der Waals surface area contributed by atoms with Gasteiger partial charge in [-0.25, -0.2) is 4.79 Å². The zero-order valence-electron chi connectivity index (χ0n) is 17.9. The van der Waals surface area contributed by atoms with Crippen LogP contribution in [0.1, 0.15) is 55.1 Å². The molecule has 2 aromatic rings. The largest absolute Gasteiger partial charge is 0.384 e. The van der Waals surface area contributed by atoms with Gasteiger partial charge in [-0.1, -0.05) is 36.8 Å². The Morgan fingerprint density at radius 3 is 2.45 bits per heavy atom. The molecule has 1 amide bonds. The van der Waals surface area contributed by atoms with Gasteiger partial charge in [-0.2, -0.15) is 0 Å². The van der Waals surface area contributed by atoms with Gasteiger partial charge in [0.15, 0.2) is 5.78 Å². The Morgan fingerprint density at radius 2 is 1.84 bits per heavy atom. The molecule has 0 saturated carbocycles. The lowest BCUT2D eigenvalue weighted by atomic mass is 10.0. The summed E-state index contributed by atoms with van der Waals surface area (Å²) < 4.78 is 2.31. The number of carbonyl (C=O) groups is 2. The van der Waals surface area contributed by atoms with Crippen molar-refractivity contribution in [2.45, 2.75) is 51.7 Å². The molecule has 3 rings (SSSR count). The number of ketones is 1. The van der Waals surface area contributed by atoms with E-state index in [1.165, 1.54) is 4.57 Å². The molecule has 0 spiro atoms. The molecule has 31 heavy (non-hydrogen) atoms. The fourth-order valence-electron chi connectivity index (χ4n) is 4.25. The van der Waals surface area contributed by atoms with E-state index in [1.807, 2.05) is 30.3 Å². The van der Waals surface area contributed by atoms with Gasteiger partial charge in [0.05, 0.1) is 18.6 Å². The summed E-state index contributed by atoms with van der Waals surface area (Å²) in [4.78, 5) is 52.7. The number of benzene rings is 1. The Hall–Kier alpha value is -3.20. The van der Waals surface area contributed by atoms with Crippen molar-refractivity contribution in [3.8, 4) is 0 Å². The van der Waals surface area contributed by atoms with Crippen molar-refractivity contribution in [1.29, 1.82) is 0 Å². The van der Waals surface area contributed by atoms with Crippen molar-refractivity contribution in [2.75, 3.05) is 18.8 Å². The molecule has 0 aliphatic carbocycles. The van der Waals surface area contributed by atoms with Crippen LogP contribution in [-0.4, -0.2) is 44.9 Å². The first-order chi connectivity index (χ1) is 14.8. The third-order valence-corrected chi connectivity index (χ3v) is 5.96. The molecule has 0 unspecified atom stereocenters. The van der Waals surface area contributed by atoms with Gasteiger partial charge < -0.3 is 11.5 Å². The van der Waals surface area contributed by atoms with Crippen LogP contribution in [0.5, 0.6) is 0 Å². The van der Waals surface area contributed by atoms with Crippen molar-refractivity contribution in [3.05, 3.63) is 62.3 Å². The van der Waals surface area contributed by atoms with E-state index in [4.69, 9.17) is 11.5 Å². The second-order valence-corrected chi connectivity index (χ2v) is 7.86. The lowest BCUT2D eigenvalue weighted by Gasteiger charge is -2.33. The van der Waals surface area contributed by atoms with Gasteiger partial charge in [-0.05, 0) is 38.8 Å². The fraction of sp³-hybridized carbons (Fsp3) is 0.455. The average Bonchev–Trinajstić information content (AvgIpc) is 2.74. The molecular formula is C22H29N5O4. The van der Waals surface area contributed by atoms with Crippen LogP contribution < -0.4 is 22.7 Å². The van der Waals surface area contributed by atoms with E-state index in [0.717, 1.165) is 23.0 Å². The minimum Gasteiger partial charge on any atom is -0.384 e. The second kappa shape index (κ2) is 9.30. The topological polar surface area (TPSA) is 133 Å². The zero-order valence-corrected chi connectivity index (χ0v) is 17.9. The molecule has 1 aliphatic rings. The number of piperidine rings is 1.